The largest absolute Gasteiger partial charge is 0.281 e. The SMILES string of the molecule is CC(C)C(c1ccccc1)c1n[nH]c(C(c2ccccc2)C(C)C)c1-c1ccc(=O)n(C)n1. The maximum atomic E-state index is 12.1. The van der Waals surface area contributed by atoms with E-state index >= 15 is 0 Å². The minimum Gasteiger partial charge on any atom is -0.281 e. The third-order valence-electron chi connectivity index (χ3n) is 6.30. The highest BCUT2D eigenvalue weighted by molar-refractivity contribution is 5.68. The summed E-state index contributed by atoms with van der Waals surface area (Å²) >= 11 is 0. The highest BCUT2D eigenvalue weighted by Crippen LogP contribution is 2.42. The summed E-state index contributed by atoms with van der Waals surface area (Å²) in [5.41, 5.74) is 6.09. The van der Waals surface area contributed by atoms with Crippen LogP contribution in [0.25, 0.3) is 11.3 Å². The lowest BCUT2D eigenvalue weighted by molar-refractivity contribution is 0.549. The summed E-state index contributed by atoms with van der Waals surface area (Å²) in [4.78, 5) is 12.1. The van der Waals surface area contributed by atoms with E-state index in [0.29, 0.717) is 11.8 Å². The third-order valence-corrected chi connectivity index (χ3v) is 6.30. The van der Waals surface area contributed by atoms with Crippen LogP contribution in [-0.4, -0.2) is 20.0 Å². The second-order valence-electron chi connectivity index (χ2n) is 9.34. The van der Waals surface area contributed by atoms with Crippen molar-refractivity contribution in [3.05, 3.63) is 106 Å². The van der Waals surface area contributed by atoms with Crippen molar-refractivity contribution < 1.29 is 0 Å². The Bertz CT molecular complexity index is 1190. The second kappa shape index (κ2) is 9.57. The Balaban J connectivity index is 1.99. The molecule has 2 heterocycles. The highest BCUT2D eigenvalue weighted by Gasteiger charge is 2.32. The molecule has 0 aliphatic carbocycles. The molecule has 0 bridgehead atoms. The van der Waals surface area contributed by atoms with Crippen LogP contribution in [0.2, 0.25) is 0 Å². The molecule has 0 aliphatic heterocycles. The lowest BCUT2D eigenvalue weighted by atomic mass is 9.79. The summed E-state index contributed by atoms with van der Waals surface area (Å²) in [7, 11) is 1.69. The van der Waals surface area contributed by atoms with Crippen molar-refractivity contribution in [3.8, 4) is 11.3 Å². The fourth-order valence-corrected chi connectivity index (χ4v) is 4.79. The van der Waals surface area contributed by atoms with Gasteiger partial charge in [0, 0.05) is 30.5 Å². The van der Waals surface area contributed by atoms with Crippen LogP contribution in [0, 0.1) is 11.8 Å². The minimum absolute atomic E-state index is 0.0915. The molecule has 0 saturated carbocycles. The predicted molar refractivity (Wildman–Crippen MR) is 133 cm³/mol. The van der Waals surface area contributed by atoms with Crippen LogP contribution in [0.1, 0.15) is 62.0 Å². The van der Waals surface area contributed by atoms with E-state index in [2.05, 4.69) is 86.4 Å². The molecule has 2 unspecified atom stereocenters. The molecule has 33 heavy (non-hydrogen) atoms. The van der Waals surface area contributed by atoms with Crippen LogP contribution in [0.4, 0.5) is 0 Å². The number of benzene rings is 2. The van der Waals surface area contributed by atoms with Crippen molar-refractivity contribution in [2.75, 3.05) is 0 Å². The Morgan fingerprint density at radius 1 is 0.758 bits per heavy atom. The number of nitrogens with one attached hydrogen (secondary N) is 1. The zero-order chi connectivity index (χ0) is 23.5. The molecule has 2 atom stereocenters. The van der Waals surface area contributed by atoms with Gasteiger partial charge in [-0.1, -0.05) is 88.4 Å². The lowest BCUT2D eigenvalue weighted by Crippen LogP contribution is -2.19. The molecule has 0 fully saturated rings. The first-order valence-corrected chi connectivity index (χ1v) is 11.6. The van der Waals surface area contributed by atoms with Gasteiger partial charge in [0.15, 0.2) is 0 Å². The first-order chi connectivity index (χ1) is 15.9. The van der Waals surface area contributed by atoms with Gasteiger partial charge in [-0.05, 0) is 29.0 Å². The van der Waals surface area contributed by atoms with Gasteiger partial charge in [0.05, 0.1) is 17.1 Å². The standard InChI is InChI=1S/C28H32N4O/c1-18(2)24(20-12-8-6-9-13-20)27-26(22-16-17-23(33)32(5)31-22)28(30-29-27)25(19(3)4)21-14-10-7-11-15-21/h6-19,24-25H,1-5H3,(H,29,30). The average Bonchev–Trinajstić information content (AvgIpc) is 3.20. The third kappa shape index (κ3) is 4.54. The van der Waals surface area contributed by atoms with Gasteiger partial charge in [-0.25, -0.2) is 4.68 Å². The normalized spacial score (nSPS) is 13.4. The summed E-state index contributed by atoms with van der Waals surface area (Å²) < 4.78 is 1.40. The topological polar surface area (TPSA) is 63.6 Å². The number of hydrogen-bond donors (Lipinski definition) is 1. The van der Waals surface area contributed by atoms with Crippen molar-refractivity contribution in [1.82, 2.24) is 20.0 Å². The molecule has 0 radical (unpaired) electrons. The molecular weight excluding hydrogens is 408 g/mol. The Kier molecular flexibility index (Phi) is 6.59. The van der Waals surface area contributed by atoms with Crippen molar-refractivity contribution in [1.29, 1.82) is 0 Å². The molecule has 2 aromatic heterocycles. The average molecular weight is 441 g/mol. The summed E-state index contributed by atoms with van der Waals surface area (Å²) in [6.07, 6.45) is 0. The molecule has 2 aromatic carbocycles. The van der Waals surface area contributed by atoms with E-state index in [1.165, 1.54) is 15.8 Å². The van der Waals surface area contributed by atoms with Gasteiger partial charge in [-0.2, -0.15) is 10.2 Å². The molecule has 4 aromatic rings. The number of H-pyrrole nitrogens is 1. The molecule has 4 rings (SSSR count). The molecule has 0 aliphatic rings. The molecule has 0 amide bonds. The maximum absolute atomic E-state index is 12.1. The second-order valence-corrected chi connectivity index (χ2v) is 9.34. The van der Waals surface area contributed by atoms with Crippen LogP contribution < -0.4 is 5.56 Å². The van der Waals surface area contributed by atoms with Crippen LogP contribution in [0.15, 0.2) is 77.6 Å². The highest BCUT2D eigenvalue weighted by atomic mass is 16.1. The van der Waals surface area contributed by atoms with Crippen molar-refractivity contribution in [2.24, 2.45) is 18.9 Å². The number of rotatable bonds is 7. The Morgan fingerprint density at radius 2 is 1.30 bits per heavy atom. The Morgan fingerprint density at radius 3 is 1.82 bits per heavy atom. The number of aromatic nitrogens is 4. The van der Waals surface area contributed by atoms with Gasteiger partial charge in [-0.3, -0.25) is 9.89 Å². The van der Waals surface area contributed by atoms with Crippen LogP contribution in [0.3, 0.4) is 0 Å². The molecule has 5 heteroatoms. The smallest absolute Gasteiger partial charge is 0.266 e. The van der Waals surface area contributed by atoms with Gasteiger partial charge in [0.25, 0.3) is 5.56 Å². The lowest BCUT2D eigenvalue weighted by Gasteiger charge is -2.24. The fraction of sp³-hybridized carbons (Fsp3) is 0.321. The number of hydrogen-bond acceptors (Lipinski definition) is 3. The zero-order valence-electron chi connectivity index (χ0n) is 20.0. The van der Waals surface area contributed by atoms with E-state index in [4.69, 9.17) is 5.10 Å². The van der Waals surface area contributed by atoms with E-state index in [1.807, 2.05) is 18.2 Å². The van der Waals surface area contributed by atoms with Crippen LogP contribution in [0.5, 0.6) is 0 Å². The molecule has 170 valence electrons. The Hall–Kier alpha value is -3.47. The van der Waals surface area contributed by atoms with E-state index in [-0.39, 0.29) is 17.4 Å². The molecule has 5 nitrogen and oxygen atoms in total. The van der Waals surface area contributed by atoms with Crippen molar-refractivity contribution >= 4 is 0 Å². The monoisotopic (exact) mass is 440 g/mol. The van der Waals surface area contributed by atoms with E-state index < -0.39 is 0 Å². The minimum atomic E-state index is -0.128. The van der Waals surface area contributed by atoms with Crippen molar-refractivity contribution in [2.45, 2.75) is 39.5 Å². The van der Waals surface area contributed by atoms with Gasteiger partial charge >= 0.3 is 0 Å². The van der Waals surface area contributed by atoms with Crippen LogP contribution >= 0.6 is 0 Å². The van der Waals surface area contributed by atoms with Gasteiger partial charge < -0.3 is 0 Å². The fourth-order valence-electron chi connectivity index (χ4n) is 4.79. The van der Waals surface area contributed by atoms with Gasteiger partial charge in [-0.15, -0.1) is 0 Å². The number of aryl methyl sites for hydroxylation is 1. The molecular formula is C28H32N4O. The summed E-state index contributed by atoms with van der Waals surface area (Å²) in [6, 6.07) is 24.4. The maximum Gasteiger partial charge on any atom is 0.266 e. The first-order valence-electron chi connectivity index (χ1n) is 11.6. The predicted octanol–water partition coefficient (Wildman–Crippen LogP) is 5.75. The number of aromatic amines is 1. The summed E-state index contributed by atoms with van der Waals surface area (Å²) in [6.45, 7) is 8.91. The molecule has 0 saturated heterocycles. The zero-order valence-corrected chi connectivity index (χ0v) is 20.0. The first kappa shape index (κ1) is 22.7. The van der Waals surface area contributed by atoms with E-state index in [1.54, 1.807) is 13.1 Å². The van der Waals surface area contributed by atoms with Gasteiger partial charge in [0.1, 0.15) is 0 Å². The van der Waals surface area contributed by atoms with Crippen molar-refractivity contribution in [3.63, 3.8) is 0 Å². The molecule has 1 N–H and O–H groups in total. The summed E-state index contributed by atoms with van der Waals surface area (Å²) in [5.74, 6) is 0.865. The van der Waals surface area contributed by atoms with Gasteiger partial charge in [0.2, 0.25) is 0 Å². The molecule has 0 spiro atoms. The Labute approximate surface area is 195 Å². The van der Waals surface area contributed by atoms with E-state index in [0.717, 1.165) is 22.6 Å². The number of nitrogens with zero attached hydrogens (tertiary/aromatic N) is 3. The van der Waals surface area contributed by atoms with Crippen LogP contribution in [-0.2, 0) is 7.05 Å². The van der Waals surface area contributed by atoms with E-state index in [9.17, 15) is 4.79 Å². The summed E-state index contributed by atoms with van der Waals surface area (Å²) in [5, 5.41) is 13.0. The quantitative estimate of drug-likeness (QED) is 0.398.